The number of nitrogens with zero attached hydrogens (tertiary/aromatic N) is 3. The number of aromatic nitrogens is 1. The van der Waals surface area contributed by atoms with E-state index in [2.05, 4.69) is 57.7 Å². The van der Waals surface area contributed by atoms with Gasteiger partial charge < -0.3 is 21.1 Å². The average Bonchev–Trinajstić information content (AvgIpc) is 3.18. The zero-order valence-corrected chi connectivity index (χ0v) is 17.9. The van der Waals surface area contributed by atoms with Crippen molar-refractivity contribution in [3.8, 4) is 11.3 Å². The molecule has 32 heavy (non-hydrogen) atoms. The Kier molecular flexibility index (Phi) is 4.13. The van der Waals surface area contributed by atoms with Crippen LogP contribution < -0.4 is 11.1 Å². The third-order valence-corrected chi connectivity index (χ3v) is 6.67. The number of pyridine rings is 1. The van der Waals surface area contributed by atoms with Crippen LogP contribution in [0.2, 0.25) is 0 Å². The minimum Gasteiger partial charge on any atom is -0.390 e. The third-order valence-electron chi connectivity index (χ3n) is 6.67. The number of hydrogen-bond acceptors (Lipinski definition) is 6. The van der Waals surface area contributed by atoms with Gasteiger partial charge in [0.1, 0.15) is 17.7 Å². The minimum atomic E-state index is -0.588. The average molecular weight is 424 g/mol. The van der Waals surface area contributed by atoms with Crippen molar-refractivity contribution >= 4 is 22.4 Å². The molecule has 2 aliphatic heterocycles. The largest absolute Gasteiger partial charge is 0.390 e. The van der Waals surface area contributed by atoms with Crippen molar-refractivity contribution in [2.75, 3.05) is 0 Å². The van der Waals surface area contributed by atoms with Crippen LogP contribution >= 0.6 is 0 Å². The van der Waals surface area contributed by atoms with Gasteiger partial charge in [-0.3, -0.25) is 0 Å². The molecule has 1 atom stereocenters. The van der Waals surface area contributed by atoms with Crippen molar-refractivity contribution in [3.05, 3.63) is 84.3 Å². The molecular weight excluding hydrogens is 398 g/mol. The molecule has 6 rings (SSSR count). The van der Waals surface area contributed by atoms with Gasteiger partial charge in [-0.2, -0.15) is 0 Å². The summed E-state index contributed by atoms with van der Waals surface area (Å²) in [6.07, 6.45) is 5.26. The van der Waals surface area contributed by atoms with E-state index in [1.807, 2.05) is 31.3 Å². The van der Waals surface area contributed by atoms with Gasteiger partial charge in [0.25, 0.3) is 0 Å². The maximum atomic E-state index is 10.3. The van der Waals surface area contributed by atoms with Crippen LogP contribution in [0.4, 0.5) is 0 Å². The third kappa shape index (κ3) is 3.07. The number of benzene rings is 2. The number of amidine groups is 1. The summed E-state index contributed by atoms with van der Waals surface area (Å²) in [4.78, 5) is 11.4. The first-order chi connectivity index (χ1) is 15.5. The standard InChI is InChI=1S/C26H25N5O/c1-26(32)14-19(15-26)25-30-22(23-24(27)28-11-12-31(23)25)18-8-7-17-9-10-20(29-21(17)13-18)16-5-3-2-4-6-16/h2-13,19,25,30,32H,14-15H2,1H3,(H2,27,28)/t19?,25-,26?/m0/s1. The second-order valence-electron chi connectivity index (χ2n) is 9.17. The van der Waals surface area contributed by atoms with Gasteiger partial charge in [-0.25, -0.2) is 9.98 Å². The topological polar surface area (TPSA) is 86.8 Å². The van der Waals surface area contributed by atoms with Gasteiger partial charge in [-0.15, -0.1) is 0 Å². The molecule has 0 radical (unpaired) electrons. The van der Waals surface area contributed by atoms with E-state index in [9.17, 15) is 5.11 Å². The lowest BCUT2D eigenvalue weighted by Crippen LogP contribution is -2.53. The van der Waals surface area contributed by atoms with Crippen LogP contribution in [0.1, 0.15) is 25.3 Å². The molecule has 2 aromatic carbocycles. The first-order valence-electron chi connectivity index (χ1n) is 11.0. The monoisotopic (exact) mass is 423 g/mol. The van der Waals surface area contributed by atoms with Crippen molar-refractivity contribution in [1.82, 2.24) is 15.2 Å². The predicted molar refractivity (Wildman–Crippen MR) is 127 cm³/mol. The molecule has 0 amide bonds. The summed E-state index contributed by atoms with van der Waals surface area (Å²) < 4.78 is 0. The van der Waals surface area contributed by atoms with E-state index in [1.165, 1.54) is 0 Å². The van der Waals surface area contributed by atoms with Crippen molar-refractivity contribution in [2.24, 2.45) is 16.6 Å². The maximum Gasteiger partial charge on any atom is 0.149 e. The molecule has 0 saturated heterocycles. The lowest BCUT2D eigenvalue weighted by Gasteiger charge is -2.46. The van der Waals surface area contributed by atoms with Gasteiger partial charge in [-0.05, 0) is 31.9 Å². The van der Waals surface area contributed by atoms with Gasteiger partial charge in [0.15, 0.2) is 0 Å². The summed E-state index contributed by atoms with van der Waals surface area (Å²) in [5.74, 6) is 0.825. The number of hydrogen-bond donors (Lipinski definition) is 3. The number of nitrogens with one attached hydrogen (secondary N) is 1. The van der Waals surface area contributed by atoms with Crippen molar-refractivity contribution in [1.29, 1.82) is 0 Å². The second kappa shape index (κ2) is 6.93. The van der Waals surface area contributed by atoms with E-state index in [0.717, 1.165) is 52.0 Å². The van der Waals surface area contributed by atoms with Crippen molar-refractivity contribution in [2.45, 2.75) is 31.5 Å². The summed E-state index contributed by atoms with van der Waals surface area (Å²) in [7, 11) is 0. The summed E-state index contributed by atoms with van der Waals surface area (Å²) in [6, 6.07) is 20.7. The molecule has 0 unspecified atom stereocenters. The normalized spacial score (nSPS) is 26.6. The Balaban J connectivity index is 1.40. The fourth-order valence-electron chi connectivity index (χ4n) is 5.13. The summed E-state index contributed by atoms with van der Waals surface area (Å²) in [6.45, 7) is 1.90. The van der Waals surface area contributed by atoms with Gasteiger partial charge >= 0.3 is 0 Å². The zero-order chi connectivity index (χ0) is 21.9. The number of aliphatic hydroxyl groups is 1. The Morgan fingerprint density at radius 1 is 1.06 bits per heavy atom. The van der Waals surface area contributed by atoms with Gasteiger partial charge in [0.2, 0.25) is 0 Å². The Hall–Kier alpha value is -3.64. The minimum absolute atomic E-state index is 0.0461. The quantitative estimate of drug-likeness (QED) is 0.596. The van der Waals surface area contributed by atoms with E-state index in [4.69, 9.17) is 10.7 Å². The molecule has 1 aromatic heterocycles. The highest BCUT2D eigenvalue weighted by Gasteiger charge is 2.48. The smallest absolute Gasteiger partial charge is 0.149 e. The van der Waals surface area contributed by atoms with Crippen LogP contribution in [0.5, 0.6) is 0 Å². The van der Waals surface area contributed by atoms with E-state index in [-0.39, 0.29) is 6.17 Å². The SMILES string of the molecule is CC1(O)CC([C@H]2NC(c3ccc4ccc(-c5ccccc5)nc4c3)=C3C(N)=NC=CN32)C1. The molecule has 6 nitrogen and oxygen atoms in total. The molecule has 0 bridgehead atoms. The molecule has 160 valence electrons. The van der Waals surface area contributed by atoms with Crippen LogP contribution in [0.25, 0.3) is 27.9 Å². The Bertz CT molecular complexity index is 1300. The lowest BCUT2D eigenvalue weighted by molar-refractivity contribution is -0.0778. The predicted octanol–water partition coefficient (Wildman–Crippen LogP) is 3.80. The van der Waals surface area contributed by atoms with Crippen molar-refractivity contribution < 1.29 is 5.11 Å². The molecule has 1 fully saturated rings. The molecule has 3 aromatic rings. The lowest BCUT2D eigenvalue weighted by atomic mass is 9.70. The molecule has 1 saturated carbocycles. The van der Waals surface area contributed by atoms with Crippen molar-refractivity contribution in [3.63, 3.8) is 0 Å². The summed E-state index contributed by atoms with van der Waals surface area (Å²) in [5, 5.41) is 15.1. The summed E-state index contributed by atoms with van der Waals surface area (Å²) >= 11 is 0. The van der Waals surface area contributed by atoms with Crippen LogP contribution in [0.3, 0.4) is 0 Å². The Morgan fingerprint density at radius 2 is 1.84 bits per heavy atom. The van der Waals surface area contributed by atoms with Gasteiger partial charge in [-0.1, -0.05) is 48.5 Å². The van der Waals surface area contributed by atoms with Crippen LogP contribution in [0.15, 0.2) is 83.8 Å². The Morgan fingerprint density at radius 3 is 2.62 bits per heavy atom. The van der Waals surface area contributed by atoms with Crippen LogP contribution in [0, 0.1) is 5.92 Å². The molecule has 3 heterocycles. The fourth-order valence-corrected chi connectivity index (χ4v) is 5.13. The first-order valence-corrected chi connectivity index (χ1v) is 11.0. The highest BCUT2D eigenvalue weighted by Crippen LogP contribution is 2.44. The highest BCUT2D eigenvalue weighted by atomic mass is 16.3. The van der Waals surface area contributed by atoms with Gasteiger partial charge in [0.05, 0.1) is 22.5 Å². The maximum absolute atomic E-state index is 10.3. The summed E-state index contributed by atoms with van der Waals surface area (Å²) in [5.41, 5.74) is 11.6. The van der Waals surface area contributed by atoms with E-state index in [0.29, 0.717) is 11.8 Å². The molecule has 4 N–H and O–H groups in total. The van der Waals surface area contributed by atoms with E-state index < -0.39 is 5.60 Å². The zero-order valence-electron chi connectivity index (χ0n) is 17.9. The molecule has 3 aliphatic rings. The molecule has 1 aliphatic carbocycles. The molecule has 6 heteroatoms. The van der Waals surface area contributed by atoms with E-state index >= 15 is 0 Å². The second-order valence-corrected chi connectivity index (χ2v) is 9.17. The first kappa shape index (κ1) is 19.1. The van der Waals surface area contributed by atoms with Crippen LogP contribution in [-0.2, 0) is 0 Å². The van der Waals surface area contributed by atoms with Crippen LogP contribution in [-0.4, -0.2) is 32.6 Å². The Labute approximate surface area is 186 Å². The fraction of sp³-hybridized carbons (Fsp3) is 0.231. The molecule has 0 spiro atoms. The molecular formula is C26H25N5O. The van der Waals surface area contributed by atoms with Gasteiger partial charge in [0, 0.05) is 34.8 Å². The highest BCUT2D eigenvalue weighted by molar-refractivity contribution is 6.05. The van der Waals surface area contributed by atoms with E-state index in [1.54, 1.807) is 6.20 Å². The number of rotatable bonds is 3. The number of nitrogens with two attached hydrogens (primary N) is 1. The number of fused-ring (bicyclic) bond motifs is 2. The number of aliphatic imine (C=N–C) groups is 1.